The molecular weight excluding hydrogens is 272 g/mol. The Balaban J connectivity index is 1.74. The lowest BCUT2D eigenvalue weighted by Gasteiger charge is -2.07. The van der Waals surface area contributed by atoms with E-state index >= 15 is 0 Å². The Kier molecular flexibility index (Phi) is 3.66. The SMILES string of the molecule is COc1nc2sccn2c1CNCc1ncccc1C. The summed E-state index contributed by atoms with van der Waals surface area (Å²) in [4.78, 5) is 9.77. The van der Waals surface area contributed by atoms with Gasteiger partial charge in [-0.25, -0.2) is 0 Å². The van der Waals surface area contributed by atoms with Crippen molar-refractivity contribution in [2.24, 2.45) is 0 Å². The zero-order valence-corrected chi connectivity index (χ0v) is 12.3. The fourth-order valence-corrected chi connectivity index (χ4v) is 2.86. The van der Waals surface area contributed by atoms with Gasteiger partial charge in [0, 0.05) is 30.9 Å². The molecule has 104 valence electrons. The zero-order chi connectivity index (χ0) is 13.9. The minimum Gasteiger partial charge on any atom is -0.480 e. The molecule has 0 atom stereocenters. The molecule has 3 aromatic heterocycles. The highest BCUT2D eigenvalue weighted by molar-refractivity contribution is 7.15. The molecule has 20 heavy (non-hydrogen) atoms. The number of aryl methyl sites for hydroxylation is 1. The Morgan fingerprint density at radius 3 is 3.10 bits per heavy atom. The van der Waals surface area contributed by atoms with Crippen molar-refractivity contribution in [2.45, 2.75) is 20.0 Å². The normalized spacial score (nSPS) is 11.1. The van der Waals surface area contributed by atoms with Gasteiger partial charge in [-0.15, -0.1) is 11.3 Å². The number of aromatic nitrogens is 3. The summed E-state index contributed by atoms with van der Waals surface area (Å²) in [6.07, 6.45) is 3.83. The van der Waals surface area contributed by atoms with Crippen molar-refractivity contribution >= 4 is 16.3 Å². The average Bonchev–Trinajstić information content (AvgIpc) is 3.02. The molecule has 0 bridgehead atoms. The average molecular weight is 288 g/mol. The number of imidazole rings is 1. The maximum Gasteiger partial charge on any atom is 0.237 e. The van der Waals surface area contributed by atoms with Crippen LogP contribution in [0.1, 0.15) is 17.0 Å². The summed E-state index contributed by atoms with van der Waals surface area (Å²) < 4.78 is 7.39. The Morgan fingerprint density at radius 1 is 1.40 bits per heavy atom. The van der Waals surface area contributed by atoms with Crippen molar-refractivity contribution in [3.63, 3.8) is 0 Å². The highest BCUT2D eigenvalue weighted by Crippen LogP contribution is 2.22. The van der Waals surface area contributed by atoms with Crippen LogP contribution in [-0.2, 0) is 13.1 Å². The van der Waals surface area contributed by atoms with Crippen LogP contribution >= 0.6 is 11.3 Å². The van der Waals surface area contributed by atoms with Crippen molar-refractivity contribution < 1.29 is 4.74 Å². The Morgan fingerprint density at radius 2 is 2.30 bits per heavy atom. The van der Waals surface area contributed by atoms with Crippen LogP contribution in [0, 0.1) is 6.92 Å². The van der Waals surface area contributed by atoms with Crippen LogP contribution in [0.25, 0.3) is 4.96 Å². The molecule has 5 nitrogen and oxygen atoms in total. The van der Waals surface area contributed by atoms with E-state index in [4.69, 9.17) is 4.74 Å². The van der Waals surface area contributed by atoms with E-state index in [1.54, 1.807) is 18.4 Å². The quantitative estimate of drug-likeness (QED) is 0.783. The molecule has 0 amide bonds. The number of hydrogen-bond donors (Lipinski definition) is 1. The van der Waals surface area contributed by atoms with Gasteiger partial charge in [0.1, 0.15) is 5.69 Å². The second-order valence-electron chi connectivity index (χ2n) is 4.49. The van der Waals surface area contributed by atoms with Crippen LogP contribution in [0.2, 0.25) is 0 Å². The highest BCUT2D eigenvalue weighted by atomic mass is 32.1. The summed E-state index contributed by atoms with van der Waals surface area (Å²) in [5.74, 6) is 0.682. The van der Waals surface area contributed by atoms with Crippen molar-refractivity contribution in [1.82, 2.24) is 19.7 Å². The lowest BCUT2D eigenvalue weighted by Crippen LogP contribution is -2.16. The van der Waals surface area contributed by atoms with Gasteiger partial charge in [-0.2, -0.15) is 4.98 Å². The van der Waals surface area contributed by atoms with Crippen LogP contribution in [0.3, 0.4) is 0 Å². The van der Waals surface area contributed by atoms with E-state index < -0.39 is 0 Å². The summed E-state index contributed by atoms with van der Waals surface area (Å²) >= 11 is 1.60. The van der Waals surface area contributed by atoms with Gasteiger partial charge in [-0.1, -0.05) is 6.07 Å². The van der Waals surface area contributed by atoms with Crippen LogP contribution in [0.4, 0.5) is 0 Å². The molecule has 0 radical (unpaired) electrons. The fourth-order valence-electron chi connectivity index (χ4n) is 2.14. The summed E-state index contributed by atoms with van der Waals surface area (Å²) in [7, 11) is 1.65. The monoisotopic (exact) mass is 288 g/mol. The predicted octanol–water partition coefficient (Wildman–Crippen LogP) is 2.40. The molecule has 0 saturated heterocycles. The number of hydrogen-bond acceptors (Lipinski definition) is 5. The molecule has 1 N–H and O–H groups in total. The number of thiazole rings is 1. The van der Waals surface area contributed by atoms with Gasteiger partial charge >= 0.3 is 0 Å². The minimum absolute atomic E-state index is 0.682. The van der Waals surface area contributed by atoms with Gasteiger partial charge in [-0.3, -0.25) is 9.38 Å². The predicted molar refractivity (Wildman–Crippen MR) is 79.1 cm³/mol. The molecule has 0 aromatic carbocycles. The van der Waals surface area contributed by atoms with Gasteiger partial charge < -0.3 is 10.1 Å². The Labute approximate surface area is 121 Å². The van der Waals surface area contributed by atoms with Crippen molar-refractivity contribution in [3.8, 4) is 5.88 Å². The molecule has 3 aromatic rings. The number of ether oxygens (including phenoxy) is 1. The van der Waals surface area contributed by atoms with Crippen LogP contribution in [-0.4, -0.2) is 21.5 Å². The van der Waals surface area contributed by atoms with Gasteiger partial charge in [0.2, 0.25) is 5.88 Å². The first kappa shape index (κ1) is 13.1. The third-order valence-electron chi connectivity index (χ3n) is 3.22. The number of methoxy groups -OCH3 is 1. The van der Waals surface area contributed by atoms with Crippen LogP contribution < -0.4 is 10.1 Å². The summed E-state index contributed by atoms with van der Waals surface area (Å²) in [6, 6.07) is 4.02. The maximum atomic E-state index is 5.33. The lowest BCUT2D eigenvalue weighted by atomic mass is 10.2. The van der Waals surface area contributed by atoms with Gasteiger partial charge in [0.25, 0.3) is 0 Å². The molecule has 3 heterocycles. The van der Waals surface area contributed by atoms with E-state index in [0.717, 1.165) is 22.9 Å². The highest BCUT2D eigenvalue weighted by Gasteiger charge is 2.13. The van der Waals surface area contributed by atoms with E-state index in [1.165, 1.54) is 5.56 Å². The Bertz CT molecular complexity index is 719. The second kappa shape index (κ2) is 5.60. The molecule has 0 aliphatic carbocycles. The standard InChI is InChI=1S/C14H16N4OS/c1-10-4-3-5-16-11(10)8-15-9-12-13(19-2)17-14-18(12)6-7-20-14/h3-7,15H,8-9H2,1-2H3. The first-order valence-electron chi connectivity index (χ1n) is 6.39. The molecule has 0 unspecified atom stereocenters. The summed E-state index contributed by atoms with van der Waals surface area (Å²) in [5.41, 5.74) is 3.30. The Hall–Kier alpha value is -1.92. The minimum atomic E-state index is 0.682. The van der Waals surface area contributed by atoms with Crippen molar-refractivity contribution in [2.75, 3.05) is 7.11 Å². The molecule has 0 aliphatic rings. The zero-order valence-electron chi connectivity index (χ0n) is 11.5. The summed E-state index contributed by atoms with van der Waals surface area (Å²) in [6.45, 7) is 3.49. The molecule has 6 heteroatoms. The van der Waals surface area contributed by atoms with Crippen molar-refractivity contribution in [3.05, 3.63) is 46.9 Å². The largest absolute Gasteiger partial charge is 0.480 e. The molecule has 0 saturated carbocycles. The number of nitrogens with zero attached hydrogens (tertiary/aromatic N) is 3. The van der Waals surface area contributed by atoms with Gasteiger partial charge in [-0.05, 0) is 18.6 Å². The van der Waals surface area contributed by atoms with Gasteiger partial charge in [0.15, 0.2) is 4.96 Å². The van der Waals surface area contributed by atoms with Crippen molar-refractivity contribution in [1.29, 1.82) is 0 Å². The molecule has 0 fully saturated rings. The second-order valence-corrected chi connectivity index (χ2v) is 5.37. The smallest absolute Gasteiger partial charge is 0.237 e. The van der Waals surface area contributed by atoms with Crippen LogP contribution in [0.5, 0.6) is 5.88 Å². The van der Waals surface area contributed by atoms with Crippen LogP contribution in [0.15, 0.2) is 29.9 Å². The number of nitrogens with one attached hydrogen (secondary N) is 1. The third-order valence-corrected chi connectivity index (χ3v) is 3.98. The topological polar surface area (TPSA) is 51.5 Å². The molecule has 0 spiro atoms. The number of fused-ring (bicyclic) bond motifs is 1. The van der Waals surface area contributed by atoms with Gasteiger partial charge in [0.05, 0.1) is 12.8 Å². The van der Waals surface area contributed by atoms with E-state index in [0.29, 0.717) is 12.4 Å². The number of pyridine rings is 1. The first-order chi connectivity index (χ1) is 9.79. The van der Waals surface area contributed by atoms with E-state index in [-0.39, 0.29) is 0 Å². The van der Waals surface area contributed by atoms with E-state index in [2.05, 4.69) is 32.7 Å². The lowest BCUT2D eigenvalue weighted by molar-refractivity contribution is 0.392. The summed E-state index contributed by atoms with van der Waals surface area (Å²) in [5, 5.41) is 5.42. The molecule has 0 aliphatic heterocycles. The number of rotatable bonds is 5. The molecular formula is C14H16N4OS. The third kappa shape index (κ3) is 2.39. The van der Waals surface area contributed by atoms with E-state index in [9.17, 15) is 0 Å². The molecule has 3 rings (SSSR count). The first-order valence-corrected chi connectivity index (χ1v) is 7.27. The van der Waals surface area contributed by atoms with E-state index in [1.807, 2.05) is 23.8 Å². The fraction of sp³-hybridized carbons (Fsp3) is 0.286. The maximum absolute atomic E-state index is 5.33.